The first-order valence-electron chi connectivity index (χ1n) is 5.00. The molecule has 0 aromatic heterocycles. The molecule has 7 heteroatoms. The van der Waals surface area contributed by atoms with Gasteiger partial charge in [-0.3, -0.25) is 4.79 Å². The van der Waals surface area contributed by atoms with Gasteiger partial charge in [0.05, 0.1) is 24.4 Å². The van der Waals surface area contributed by atoms with Crippen LogP contribution in [-0.4, -0.2) is 25.0 Å². The fourth-order valence-electron chi connectivity index (χ4n) is 1.16. The minimum Gasteiger partial charge on any atom is -0.465 e. The molecule has 98 valence electrons. The lowest BCUT2D eigenvalue weighted by Crippen LogP contribution is -2.32. The van der Waals surface area contributed by atoms with Gasteiger partial charge in [-0.05, 0) is 13.0 Å². The second-order valence-corrected chi connectivity index (χ2v) is 3.58. The van der Waals surface area contributed by atoms with Gasteiger partial charge in [0.2, 0.25) is 5.91 Å². The summed E-state index contributed by atoms with van der Waals surface area (Å²) in [4.78, 5) is 22.5. The number of hydrogen-bond acceptors (Lipinski definition) is 4. The van der Waals surface area contributed by atoms with E-state index in [9.17, 15) is 18.4 Å². The Labute approximate surface area is 102 Å². The number of carbonyl (C=O) groups is 2. The van der Waals surface area contributed by atoms with Gasteiger partial charge < -0.3 is 15.8 Å². The summed E-state index contributed by atoms with van der Waals surface area (Å²) in [6.45, 7) is 1.40. The lowest BCUT2D eigenvalue weighted by atomic mass is 10.1. The molecule has 18 heavy (non-hydrogen) atoms. The van der Waals surface area contributed by atoms with E-state index < -0.39 is 35.1 Å². The highest BCUT2D eigenvalue weighted by atomic mass is 19.1. The number of ether oxygens (including phenoxy) is 1. The first-order chi connectivity index (χ1) is 8.36. The second kappa shape index (κ2) is 5.54. The molecule has 0 radical (unpaired) electrons. The third-order valence-electron chi connectivity index (χ3n) is 2.13. The number of methoxy groups -OCH3 is 1. The van der Waals surface area contributed by atoms with Crippen LogP contribution < -0.4 is 11.1 Å². The molecule has 5 nitrogen and oxygen atoms in total. The number of halogens is 2. The van der Waals surface area contributed by atoms with Crippen LogP contribution in [0.25, 0.3) is 0 Å². The van der Waals surface area contributed by atoms with E-state index in [0.717, 1.165) is 13.2 Å². The predicted molar refractivity (Wildman–Crippen MR) is 60.0 cm³/mol. The highest BCUT2D eigenvalue weighted by Gasteiger charge is 2.18. The van der Waals surface area contributed by atoms with Gasteiger partial charge >= 0.3 is 5.97 Å². The van der Waals surface area contributed by atoms with Crippen LogP contribution >= 0.6 is 0 Å². The summed E-state index contributed by atoms with van der Waals surface area (Å²) in [6.07, 6.45) is 0. The normalized spacial score (nSPS) is 11.8. The number of nitrogens with one attached hydrogen (secondary N) is 1. The molecule has 1 atom stereocenters. The molecule has 1 rings (SSSR count). The van der Waals surface area contributed by atoms with Gasteiger partial charge in [0.1, 0.15) is 11.6 Å². The molecule has 1 aromatic carbocycles. The second-order valence-electron chi connectivity index (χ2n) is 3.58. The number of rotatable bonds is 3. The van der Waals surface area contributed by atoms with Gasteiger partial charge in [0.25, 0.3) is 0 Å². The van der Waals surface area contributed by atoms with Gasteiger partial charge in [-0.25, -0.2) is 13.6 Å². The third kappa shape index (κ3) is 3.01. The van der Waals surface area contributed by atoms with E-state index in [0.29, 0.717) is 6.07 Å². The molecule has 0 aliphatic rings. The Morgan fingerprint density at radius 3 is 2.44 bits per heavy atom. The Bertz CT molecular complexity index is 489. The van der Waals surface area contributed by atoms with E-state index in [1.54, 1.807) is 0 Å². The fraction of sp³-hybridized carbons (Fsp3) is 0.273. The number of amides is 1. The number of nitrogens with two attached hydrogens (primary N) is 1. The number of esters is 1. The number of carbonyl (C=O) groups excluding carboxylic acids is 2. The Balaban J connectivity index is 3.13. The molecule has 0 heterocycles. The molecule has 0 fully saturated rings. The molecule has 1 amide bonds. The van der Waals surface area contributed by atoms with Gasteiger partial charge in [-0.15, -0.1) is 0 Å². The summed E-state index contributed by atoms with van der Waals surface area (Å²) in [5, 5.41) is 2.14. The molecule has 0 saturated heterocycles. The molecular formula is C11H12F2N2O3. The largest absolute Gasteiger partial charge is 0.465 e. The van der Waals surface area contributed by atoms with E-state index in [2.05, 4.69) is 10.1 Å². The topological polar surface area (TPSA) is 81.4 Å². The summed E-state index contributed by atoms with van der Waals surface area (Å²) >= 11 is 0. The zero-order chi connectivity index (χ0) is 13.9. The van der Waals surface area contributed by atoms with Crippen molar-refractivity contribution < 1.29 is 23.1 Å². The van der Waals surface area contributed by atoms with E-state index in [4.69, 9.17) is 5.73 Å². The lowest BCUT2D eigenvalue weighted by Gasteiger charge is -2.10. The first kappa shape index (κ1) is 14.0. The monoisotopic (exact) mass is 258 g/mol. The fourth-order valence-corrected chi connectivity index (χ4v) is 1.16. The van der Waals surface area contributed by atoms with Crippen LogP contribution in [0.5, 0.6) is 0 Å². The predicted octanol–water partition coefficient (Wildman–Crippen LogP) is 1.04. The average molecular weight is 258 g/mol. The molecule has 1 aromatic rings. The SMILES string of the molecule is COC(=O)c1cc(NC(=O)[C@H](C)N)c(F)cc1F. The molecule has 0 aliphatic heterocycles. The van der Waals surface area contributed by atoms with Crippen molar-refractivity contribution in [3.8, 4) is 0 Å². The van der Waals surface area contributed by atoms with E-state index >= 15 is 0 Å². The van der Waals surface area contributed by atoms with Crippen LogP contribution in [0.3, 0.4) is 0 Å². The van der Waals surface area contributed by atoms with Crippen LogP contribution in [0.1, 0.15) is 17.3 Å². The Hall–Kier alpha value is -2.02. The van der Waals surface area contributed by atoms with Crippen LogP contribution in [0, 0.1) is 11.6 Å². The maximum absolute atomic E-state index is 13.4. The lowest BCUT2D eigenvalue weighted by molar-refractivity contribution is -0.117. The Kier molecular flexibility index (Phi) is 4.33. The van der Waals surface area contributed by atoms with E-state index in [-0.39, 0.29) is 5.69 Å². The molecule has 0 aliphatic carbocycles. The quantitative estimate of drug-likeness (QED) is 0.793. The number of hydrogen-bond donors (Lipinski definition) is 2. The Morgan fingerprint density at radius 2 is 1.94 bits per heavy atom. The van der Waals surface area contributed by atoms with Crippen molar-refractivity contribution in [3.05, 3.63) is 29.3 Å². The van der Waals surface area contributed by atoms with Crippen molar-refractivity contribution in [2.75, 3.05) is 12.4 Å². The van der Waals surface area contributed by atoms with Crippen LogP contribution in [0.4, 0.5) is 14.5 Å². The van der Waals surface area contributed by atoms with Gasteiger partial charge in [0.15, 0.2) is 0 Å². The summed E-state index contributed by atoms with van der Waals surface area (Å²) in [5.41, 5.74) is 4.48. The standard InChI is InChI=1S/C11H12F2N2O3/c1-5(14)10(16)15-9-3-6(11(17)18-2)7(12)4-8(9)13/h3-5H,14H2,1-2H3,(H,15,16)/t5-/m0/s1. The van der Waals surface area contributed by atoms with Crippen molar-refractivity contribution in [3.63, 3.8) is 0 Å². The van der Waals surface area contributed by atoms with Gasteiger partial charge in [0, 0.05) is 6.07 Å². The van der Waals surface area contributed by atoms with Crippen molar-refractivity contribution >= 4 is 17.6 Å². The van der Waals surface area contributed by atoms with Crippen molar-refractivity contribution in [2.24, 2.45) is 5.73 Å². The number of anilines is 1. The Morgan fingerprint density at radius 1 is 1.33 bits per heavy atom. The van der Waals surface area contributed by atoms with Crippen molar-refractivity contribution in [1.82, 2.24) is 0 Å². The van der Waals surface area contributed by atoms with Crippen LogP contribution in [-0.2, 0) is 9.53 Å². The maximum atomic E-state index is 13.4. The zero-order valence-corrected chi connectivity index (χ0v) is 9.79. The van der Waals surface area contributed by atoms with Gasteiger partial charge in [-0.1, -0.05) is 0 Å². The smallest absolute Gasteiger partial charge is 0.340 e. The van der Waals surface area contributed by atoms with Crippen LogP contribution in [0.2, 0.25) is 0 Å². The maximum Gasteiger partial charge on any atom is 0.340 e. The molecule has 0 spiro atoms. The van der Waals surface area contributed by atoms with Crippen molar-refractivity contribution in [1.29, 1.82) is 0 Å². The minimum atomic E-state index is -1.07. The van der Waals surface area contributed by atoms with E-state index in [1.807, 2.05) is 0 Å². The highest BCUT2D eigenvalue weighted by molar-refractivity contribution is 5.96. The third-order valence-corrected chi connectivity index (χ3v) is 2.13. The minimum absolute atomic E-state index is 0.334. The summed E-state index contributed by atoms with van der Waals surface area (Å²) in [5.74, 6) is -3.70. The number of benzene rings is 1. The molecule has 0 saturated carbocycles. The first-order valence-corrected chi connectivity index (χ1v) is 5.00. The zero-order valence-electron chi connectivity index (χ0n) is 9.79. The summed E-state index contributed by atoms with van der Waals surface area (Å²) in [6, 6.07) is 0.482. The molecule has 0 unspecified atom stereocenters. The van der Waals surface area contributed by atoms with Gasteiger partial charge in [-0.2, -0.15) is 0 Å². The molecular weight excluding hydrogens is 246 g/mol. The van der Waals surface area contributed by atoms with Crippen LogP contribution in [0.15, 0.2) is 12.1 Å². The highest BCUT2D eigenvalue weighted by Crippen LogP contribution is 2.20. The summed E-state index contributed by atoms with van der Waals surface area (Å²) < 4.78 is 31.0. The van der Waals surface area contributed by atoms with Crippen molar-refractivity contribution in [2.45, 2.75) is 13.0 Å². The molecule has 0 bridgehead atoms. The molecule has 3 N–H and O–H groups in total. The van der Waals surface area contributed by atoms with E-state index in [1.165, 1.54) is 6.92 Å². The average Bonchev–Trinajstić information content (AvgIpc) is 2.31. The summed E-state index contributed by atoms with van der Waals surface area (Å²) in [7, 11) is 1.06.